The molecule has 0 radical (unpaired) electrons. The zero-order valence-electron chi connectivity index (χ0n) is 38.2. The van der Waals surface area contributed by atoms with Crippen molar-refractivity contribution in [2.24, 2.45) is 0 Å². The average molecular weight is 906 g/mol. The molecule has 11 aromatic carbocycles. The first-order valence-electron chi connectivity index (χ1n) is 24.2. The van der Waals surface area contributed by atoms with Crippen LogP contribution in [-0.2, 0) is 0 Å². The summed E-state index contributed by atoms with van der Waals surface area (Å²) in [7, 11) is 0. The van der Waals surface area contributed by atoms with Gasteiger partial charge < -0.3 is 22.5 Å². The molecular formula is C66H39N3O2. The third-order valence-corrected chi connectivity index (χ3v) is 15.0. The summed E-state index contributed by atoms with van der Waals surface area (Å²) in [5, 5.41) is 11.7. The Balaban J connectivity index is 0.878. The topological polar surface area (TPSA) is 41.1 Å². The first kappa shape index (κ1) is 38.4. The monoisotopic (exact) mass is 905 g/mol. The van der Waals surface area contributed by atoms with E-state index in [0.29, 0.717) is 0 Å². The van der Waals surface area contributed by atoms with Crippen LogP contribution in [0.1, 0.15) is 0 Å². The molecule has 0 atom stereocenters. The molecule has 0 unspecified atom stereocenters. The number of para-hydroxylation sites is 7. The Morgan fingerprint density at radius 3 is 1.14 bits per heavy atom. The first-order chi connectivity index (χ1) is 35.2. The minimum absolute atomic E-state index is 0.887. The highest BCUT2D eigenvalue weighted by Gasteiger charge is 2.22. The van der Waals surface area contributed by atoms with E-state index in [1.165, 1.54) is 32.3 Å². The Labute approximate surface area is 405 Å². The molecule has 5 heterocycles. The van der Waals surface area contributed by atoms with Crippen molar-refractivity contribution in [2.45, 2.75) is 0 Å². The Bertz CT molecular complexity index is 4880. The molecule has 71 heavy (non-hydrogen) atoms. The summed E-state index contributed by atoms with van der Waals surface area (Å²) in [5.41, 5.74) is 18.2. The summed E-state index contributed by atoms with van der Waals surface area (Å²) in [6, 6.07) is 85.6. The van der Waals surface area contributed by atoms with Gasteiger partial charge in [-0.25, -0.2) is 0 Å². The molecule has 0 N–H and O–H groups in total. The standard InChI is InChI=1S/C66H39N3O2/c1-2-14-44(15-3-1)67-57-35-31-40(41-28-32-47-45-16-4-8-22-55(45)68(61(47)38-41)58-24-12-20-52-50-18-6-10-26-63(50)70-65(52)58)36-54(57)49-34-30-42(37-60(49)67)43-29-33-48-46-17-5-9-23-56(46)69(62(48)39-43)59-25-13-21-53-51-19-7-11-27-64(51)71-66(53)59/h1-39H. The lowest BCUT2D eigenvalue weighted by Crippen LogP contribution is -1.95. The van der Waals surface area contributed by atoms with Crippen LogP contribution in [0.2, 0.25) is 0 Å². The van der Waals surface area contributed by atoms with Gasteiger partial charge in [-0.05, 0) is 101 Å². The number of nitrogens with zero attached hydrogens (tertiary/aromatic N) is 3. The minimum Gasteiger partial charge on any atom is -0.454 e. The highest BCUT2D eigenvalue weighted by atomic mass is 16.3. The Hall–Kier alpha value is -9.58. The molecule has 0 amide bonds. The second-order valence-corrected chi connectivity index (χ2v) is 18.8. The summed E-state index contributed by atoms with van der Waals surface area (Å²) in [6.45, 7) is 0. The lowest BCUT2D eigenvalue weighted by Gasteiger charge is -2.11. The molecule has 0 spiro atoms. The fourth-order valence-electron chi connectivity index (χ4n) is 11.9. The largest absolute Gasteiger partial charge is 0.454 e. The van der Waals surface area contributed by atoms with E-state index >= 15 is 0 Å². The third kappa shape index (κ3) is 5.46. The molecule has 5 aromatic heterocycles. The minimum atomic E-state index is 0.887. The summed E-state index contributed by atoms with van der Waals surface area (Å²) in [6.07, 6.45) is 0. The molecule has 0 aliphatic heterocycles. The highest BCUT2D eigenvalue weighted by molar-refractivity contribution is 6.16. The van der Waals surface area contributed by atoms with Crippen LogP contribution in [0.25, 0.3) is 149 Å². The van der Waals surface area contributed by atoms with Crippen molar-refractivity contribution in [1.29, 1.82) is 0 Å². The molecule has 330 valence electrons. The van der Waals surface area contributed by atoms with E-state index in [4.69, 9.17) is 8.83 Å². The molecule has 5 nitrogen and oxygen atoms in total. The number of benzene rings is 11. The van der Waals surface area contributed by atoms with Crippen LogP contribution in [-0.4, -0.2) is 13.7 Å². The second kappa shape index (κ2) is 14.5. The number of hydrogen-bond donors (Lipinski definition) is 0. The van der Waals surface area contributed by atoms with Crippen molar-refractivity contribution >= 4 is 109 Å². The summed E-state index contributed by atoms with van der Waals surface area (Å²) in [4.78, 5) is 0. The molecule has 0 fully saturated rings. The number of fused-ring (bicyclic) bond motifs is 15. The Morgan fingerprint density at radius 2 is 0.606 bits per heavy atom. The van der Waals surface area contributed by atoms with E-state index in [1.807, 2.05) is 12.1 Å². The van der Waals surface area contributed by atoms with Crippen LogP contribution in [0.4, 0.5) is 0 Å². The van der Waals surface area contributed by atoms with Gasteiger partial charge in [-0.3, -0.25) is 0 Å². The van der Waals surface area contributed by atoms with E-state index < -0.39 is 0 Å². The van der Waals surface area contributed by atoms with E-state index in [2.05, 4.69) is 238 Å². The third-order valence-electron chi connectivity index (χ3n) is 15.0. The Kier molecular flexibility index (Phi) is 7.82. The Morgan fingerprint density at radius 1 is 0.225 bits per heavy atom. The van der Waals surface area contributed by atoms with Crippen molar-refractivity contribution in [3.05, 3.63) is 237 Å². The van der Waals surface area contributed by atoms with Gasteiger partial charge >= 0.3 is 0 Å². The van der Waals surface area contributed by atoms with Gasteiger partial charge in [0.05, 0.1) is 44.5 Å². The fourth-order valence-corrected chi connectivity index (χ4v) is 11.9. The predicted molar refractivity (Wildman–Crippen MR) is 295 cm³/mol. The van der Waals surface area contributed by atoms with E-state index in [9.17, 15) is 0 Å². The van der Waals surface area contributed by atoms with Gasteiger partial charge in [-0.15, -0.1) is 0 Å². The maximum Gasteiger partial charge on any atom is 0.159 e. The van der Waals surface area contributed by atoms with Crippen LogP contribution in [0.5, 0.6) is 0 Å². The molecule has 0 aliphatic carbocycles. The van der Waals surface area contributed by atoms with Crippen LogP contribution < -0.4 is 0 Å². The van der Waals surface area contributed by atoms with Crippen molar-refractivity contribution in [1.82, 2.24) is 13.7 Å². The van der Waals surface area contributed by atoms with Gasteiger partial charge in [-0.1, -0.05) is 158 Å². The molecule has 0 saturated carbocycles. The lowest BCUT2D eigenvalue weighted by atomic mass is 9.99. The van der Waals surface area contributed by atoms with Gasteiger partial charge in [0.25, 0.3) is 0 Å². The predicted octanol–water partition coefficient (Wildman–Crippen LogP) is 18.1. The van der Waals surface area contributed by atoms with Crippen molar-refractivity contribution < 1.29 is 8.83 Å². The molecular weight excluding hydrogens is 867 g/mol. The van der Waals surface area contributed by atoms with Crippen molar-refractivity contribution in [3.63, 3.8) is 0 Å². The molecule has 0 saturated heterocycles. The summed E-state index contributed by atoms with van der Waals surface area (Å²) >= 11 is 0. The maximum atomic E-state index is 6.64. The van der Waals surface area contributed by atoms with E-state index in [-0.39, 0.29) is 0 Å². The zero-order chi connectivity index (χ0) is 46.3. The quantitative estimate of drug-likeness (QED) is 0.173. The number of rotatable bonds is 5. The molecule has 16 aromatic rings. The van der Waals surface area contributed by atoms with Crippen LogP contribution in [0.3, 0.4) is 0 Å². The van der Waals surface area contributed by atoms with E-state index in [0.717, 1.165) is 116 Å². The molecule has 16 rings (SSSR count). The van der Waals surface area contributed by atoms with Crippen LogP contribution in [0, 0.1) is 0 Å². The normalized spacial score (nSPS) is 12.2. The average Bonchev–Trinajstić information content (AvgIpc) is 4.24. The van der Waals surface area contributed by atoms with Gasteiger partial charge in [0.2, 0.25) is 0 Å². The van der Waals surface area contributed by atoms with Gasteiger partial charge in [0, 0.05) is 59.5 Å². The van der Waals surface area contributed by atoms with Crippen molar-refractivity contribution in [2.75, 3.05) is 0 Å². The fraction of sp³-hybridized carbons (Fsp3) is 0. The number of aromatic nitrogens is 3. The first-order valence-corrected chi connectivity index (χ1v) is 24.2. The van der Waals surface area contributed by atoms with E-state index in [1.54, 1.807) is 0 Å². The lowest BCUT2D eigenvalue weighted by molar-refractivity contribution is 0.666. The molecule has 0 aliphatic rings. The second-order valence-electron chi connectivity index (χ2n) is 18.8. The SMILES string of the molecule is c1ccc(-n2c3ccc(-c4ccc5c6ccccc6n(-c6cccc7c6oc6ccccc67)c5c4)cc3c3ccc(-c4ccc5c6ccccc6n(-c6cccc7c6oc6ccccc67)c5c4)cc32)cc1. The van der Waals surface area contributed by atoms with Gasteiger partial charge in [0.15, 0.2) is 11.2 Å². The highest BCUT2D eigenvalue weighted by Crippen LogP contribution is 2.43. The number of furan rings is 2. The van der Waals surface area contributed by atoms with Gasteiger partial charge in [0.1, 0.15) is 11.2 Å². The number of hydrogen-bond acceptors (Lipinski definition) is 2. The zero-order valence-corrected chi connectivity index (χ0v) is 38.2. The van der Waals surface area contributed by atoms with Crippen molar-refractivity contribution in [3.8, 4) is 39.3 Å². The van der Waals surface area contributed by atoms with Crippen LogP contribution >= 0.6 is 0 Å². The molecule has 5 heteroatoms. The summed E-state index contributed by atoms with van der Waals surface area (Å²) < 4.78 is 20.5. The van der Waals surface area contributed by atoms with Crippen LogP contribution in [0.15, 0.2) is 245 Å². The smallest absolute Gasteiger partial charge is 0.159 e. The van der Waals surface area contributed by atoms with Gasteiger partial charge in [-0.2, -0.15) is 0 Å². The maximum absolute atomic E-state index is 6.64. The summed E-state index contributed by atoms with van der Waals surface area (Å²) in [5.74, 6) is 0. The molecule has 0 bridgehead atoms.